The first-order valence-electron chi connectivity index (χ1n) is 12.5. The van der Waals surface area contributed by atoms with Gasteiger partial charge in [0, 0.05) is 5.56 Å². The molecule has 1 aromatic carbocycles. The number of unbranched alkanes of at least 4 members (excludes halogenated alkanes) is 2. The van der Waals surface area contributed by atoms with Crippen LogP contribution in [0.4, 0.5) is 0 Å². The molecule has 0 aliphatic rings. The van der Waals surface area contributed by atoms with Crippen LogP contribution in [0, 0.1) is 5.92 Å². The van der Waals surface area contributed by atoms with Gasteiger partial charge in [-0.05, 0) is 50.5 Å². The van der Waals surface area contributed by atoms with Gasteiger partial charge in [0.25, 0.3) is 5.91 Å². The fourth-order valence-corrected chi connectivity index (χ4v) is 4.08. The van der Waals surface area contributed by atoms with Crippen molar-refractivity contribution in [2.45, 2.75) is 71.3 Å². The molecule has 0 bridgehead atoms. The Morgan fingerprint density at radius 3 is 2.46 bits per heavy atom. The molecule has 1 heterocycles. The highest BCUT2D eigenvalue weighted by Gasteiger charge is 2.31. The van der Waals surface area contributed by atoms with Crippen LogP contribution < -0.4 is 10.6 Å². The van der Waals surface area contributed by atoms with Crippen molar-refractivity contribution < 1.29 is 33.9 Å². The molecule has 4 N–H and O–H groups in total. The molecule has 0 fully saturated rings. The van der Waals surface area contributed by atoms with Crippen molar-refractivity contribution in [3.63, 3.8) is 0 Å². The summed E-state index contributed by atoms with van der Waals surface area (Å²) in [5.74, 6) is -2.07. The highest BCUT2D eigenvalue weighted by molar-refractivity contribution is 5.92. The average Bonchev–Trinajstić information content (AvgIpc) is 3.38. The van der Waals surface area contributed by atoms with Gasteiger partial charge in [-0.2, -0.15) is 0 Å². The zero-order chi connectivity index (χ0) is 27.6. The number of aliphatic carboxylic acids is 1. The van der Waals surface area contributed by atoms with Crippen molar-refractivity contribution in [2.75, 3.05) is 6.67 Å². The molecule has 0 radical (unpaired) electrons. The normalized spacial score (nSPS) is 12.9. The molecule has 2 aromatic rings. The molecule has 10 heteroatoms. The highest BCUT2D eigenvalue weighted by atomic mass is 16.5. The number of amides is 3. The molecule has 3 amide bonds. The summed E-state index contributed by atoms with van der Waals surface area (Å²) >= 11 is 0. The lowest BCUT2D eigenvalue weighted by atomic mass is 9.84. The molecule has 0 aliphatic carbocycles. The predicted octanol–water partition coefficient (Wildman–Crippen LogP) is 3.94. The molecule has 2 rings (SSSR count). The van der Waals surface area contributed by atoms with Crippen LogP contribution in [0.2, 0.25) is 0 Å². The SMILES string of the molecule is CCCCCC(C(=O)NCNC(=O)c1ccc(-c2cccc(C(C)(C)C(=O)O)c2)o1)C(CC)N(O)C=O. The van der Waals surface area contributed by atoms with E-state index < -0.39 is 29.3 Å². The number of furan rings is 1. The van der Waals surface area contributed by atoms with Crippen LogP contribution in [-0.4, -0.2) is 52.3 Å². The third-order valence-electron chi connectivity index (χ3n) is 6.53. The van der Waals surface area contributed by atoms with Crippen molar-refractivity contribution in [3.05, 3.63) is 47.7 Å². The third-order valence-corrected chi connectivity index (χ3v) is 6.53. The Balaban J connectivity index is 2.03. The van der Waals surface area contributed by atoms with Crippen molar-refractivity contribution in [1.29, 1.82) is 0 Å². The Hall–Kier alpha value is -3.66. The van der Waals surface area contributed by atoms with Gasteiger partial charge in [-0.25, -0.2) is 5.06 Å². The summed E-state index contributed by atoms with van der Waals surface area (Å²) in [6, 6.07) is 9.36. The Morgan fingerprint density at radius 1 is 1.11 bits per heavy atom. The van der Waals surface area contributed by atoms with Crippen LogP contribution in [0.1, 0.15) is 75.9 Å². The first-order valence-corrected chi connectivity index (χ1v) is 12.5. The van der Waals surface area contributed by atoms with Gasteiger partial charge in [-0.3, -0.25) is 24.4 Å². The van der Waals surface area contributed by atoms with Crippen LogP contribution >= 0.6 is 0 Å². The van der Waals surface area contributed by atoms with Crippen molar-refractivity contribution >= 4 is 24.2 Å². The molecule has 1 aromatic heterocycles. The standard InChI is InChI=1S/C27H37N3O7/c1-5-7-8-12-20(21(6-2)30(36)17-31)24(32)28-16-29-25(33)23-14-13-22(37-23)18-10-9-11-19(15-18)27(3,4)26(34)35/h9-11,13-15,17,20-21,36H,5-8,12,16H2,1-4H3,(H,28,32)(H,29,33)(H,34,35). The van der Waals surface area contributed by atoms with E-state index >= 15 is 0 Å². The molecule has 0 saturated heterocycles. The monoisotopic (exact) mass is 515 g/mol. The van der Waals surface area contributed by atoms with Crippen LogP contribution in [0.3, 0.4) is 0 Å². The topological polar surface area (TPSA) is 149 Å². The van der Waals surface area contributed by atoms with Gasteiger partial charge < -0.3 is 20.2 Å². The number of hydrogen-bond donors (Lipinski definition) is 4. The lowest BCUT2D eigenvalue weighted by Gasteiger charge is -2.29. The van der Waals surface area contributed by atoms with Crippen LogP contribution in [-0.2, 0) is 19.8 Å². The van der Waals surface area contributed by atoms with Gasteiger partial charge >= 0.3 is 5.97 Å². The molecule has 2 atom stereocenters. The molecule has 37 heavy (non-hydrogen) atoms. The van der Waals surface area contributed by atoms with Gasteiger partial charge in [0.05, 0.1) is 24.0 Å². The van der Waals surface area contributed by atoms with Gasteiger partial charge in [-0.15, -0.1) is 0 Å². The van der Waals surface area contributed by atoms with Crippen molar-refractivity contribution in [2.24, 2.45) is 5.92 Å². The molecular weight excluding hydrogens is 478 g/mol. The maximum atomic E-state index is 12.8. The highest BCUT2D eigenvalue weighted by Crippen LogP contribution is 2.29. The zero-order valence-electron chi connectivity index (χ0n) is 21.8. The van der Waals surface area contributed by atoms with E-state index in [2.05, 4.69) is 10.6 Å². The minimum absolute atomic E-state index is 0.0283. The van der Waals surface area contributed by atoms with Gasteiger partial charge in [0.1, 0.15) is 5.76 Å². The quantitative estimate of drug-likeness (QED) is 0.0923. The lowest BCUT2D eigenvalue weighted by molar-refractivity contribution is -0.168. The summed E-state index contributed by atoms with van der Waals surface area (Å²) in [7, 11) is 0. The molecule has 2 unspecified atom stereocenters. The van der Waals surface area contributed by atoms with Crippen molar-refractivity contribution in [3.8, 4) is 11.3 Å². The van der Waals surface area contributed by atoms with E-state index in [4.69, 9.17) is 4.42 Å². The molecule has 202 valence electrons. The van der Waals surface area contributed by atoms with E-state index in [1.807, 2.05) is 6.92 Å². The Kier molecular flexibility index (Phi) is 10.9. The van der Waals surface area contributed by atoms with E-state index in [0.717, 1.165) is 19.3 Å². The second-order valence-electron chi connectivity index (χ2n) is 9.46. The minimum atomic E-state index is -1.09. The Bertz CT molecular complexity index is 1080. The number of carbonyl (C=O) groups excluding carboxylic acids is 3. The predicted molar refractivity (Wildman–Crippen MR) is 137 cm³/mol. The first kappa shape index (κ1) is 29.6. The number of hydrogen-bond acceptors (Lipinski definition) is 6. The average molecular weight is 516 g/mol. The number of benzene rings is 1. The maximum absolute atomic E-state index is 12.8. The second kappa shape index (κ2) is 13.6. The zero-order valence-corrected chi connectivity index (χ0v) is 21.8. The molecular formula is C27H37N3O7. The summed E-state index contributed by atoms with van der Waals surface area (Å²) in [6.45, 7) is 6.88. The number of hydroxylamine groups is 2. The number of nitrogens with zero attached hydrogens (tertiary/aromatic N) is 1. The van der Waals surface area contributed by atoms with Crippen LogP contribution in [0.5, 0.6) is 0 Å². The maximum Gasteiger partial charge on any atom is 0.313 e. The van der Waals surface area contributed by atoms with E-state index in [0.29, 0.717) is 41.2 Å². The largest absolute Gasteiger partial charge is 0.481 e. The Morgan fingerprint density at radius 2 is 1.84 bits per heavy atom. The van der Waals surface area contributed by atoms with Crippen LogP contribution in [0.25, 0.3) is 11.3 Å². The minimum Gasteiger partial charge on any atom is -0.481 e. The molecule has 0 aliphatic heterocycles. The lowest BCUT2D eigenvalue weighted by Crippen LogP contribution is -2.47. The fraction of sp³-hybridized carbons (Fsp3) is 0.481. The first-order chi connectivity index (χ1) is 17.6. The van der Waals surface area contributed by atoms with Crippen LogP contribution in [0.15, 0.2) is 40.8 Å². The number of carboxylic acid groups (broad SMARTS) is 1. The van der Waals surface area contributed by atoms with E-state index in [9.17, 15) is 29.5 Å². The molecule has 0 saturated carbocycles. The third kappa shape index (κ3) is 7.66. The number of carboxylic acids is 1. The summed E-state index contributed by atoms with van der Waals surface area (Å²) in [4.78, 5) is 48.1. The summed E-state index contributed by atoms with van der Waals surface area (Å²) < 4.78 is 5.68. The fourth-order valence-electron chi connectivity index (χ4n) is 4.08. The molecule has 10 nitrogen and oxygen atoms in total. The summed E-state index contributed by atoms with van der Waals surface area (Å²) in [6.07, 6.45) is 3.83. The number of nitrogens with one attached hydrogen (secondary N) is 2. The van der Waals surface area contributed by atoms with E-state index in [-0.39, 0.29) is 18.3 Å². The van der Waals surface area contributed by atoms with Crippen molar-refractivity contribution in [1.82, 2.24) is 15.7 Å². The summed E-state index contributed by atoms with van der Waals surface area (Å²) in [5, 5.41) is 25.2. The van der Waals surface area contributed by atoms with Gasteiger partial charge in [0.2, 0.25) is 12.3 Å². The van der Waals surface area contributed by atoms with E-state index in [1.54, 1.807) is 51.1 Å². The van der Waals surface area contributed by atoms with Gasteiger partial charge in [0.15, 0.2) is 5.76 Å². The number of rotatable bonds is 15. The van der Waals surface area contributed by atoms with Gasteiger partial charge in [-0.1, -0.05) is 51.3 Å². The molecule has 0 spiro atoms. The Labute approximate surface area is 217 Å². The smallest absolute Gasteiger partial charge is 0.313 e. The van der Waals surface area contributed by atoms with E-state index in [1.165, 1.54) is 6.07 Å². The summed E-state index contributed by atoms with van der Waals surface area (Å²) in [5.41, 5.74) is 0.131. The number of carbonyl (C=O) groups is 4. The second-order valence-corrected chi connectivity index (χ2v) is 9.46.